The predicted molar refractivity (Wildman–Crippen MR) is 79.5 cm³/mol. The fourth-order valence-electron chi connectivity index (χ4n) is 2.12. The Morgan fingerprint density at radius 1 is 1.23 bits per heavy atom. The molecule has 0 fully saturated rings. The Labute approximate surface area is 125 Å². The van der Waals surface area contributed by atoms with Gasteiger partial charge in [0, 0.05) is 0 Å². The number of para-hydroxylation sites is 3. The van der Waals surface area contributed by atoms with E-state index in [0.717, 1.165) is 5.52 Å². The van der Waals surface area contributed by atoms with Crippen LogP contribution in [0.1, 0.15) is 11.7 Å². The Morgan fingerprint density at radius 3 is 2.68 bits per heavy atom. The van der Waals surface area contributed by atoms with Crippen molar-refractivity contribution in [3.8, 4) is 6.07 Å². The Bertz CT molecular complexity index is 848. The van der Waals surface area contributed by atoms with Crippen LogP contribution in [0.25, 0.3) is 11.0 Å². The van der Waals surface area contributed by atoms with Gasteiger partial charge in [-0.3, -0.25) is 4.79 Å². The highest BCUT2D eigenvalue weighted by molar-refractivity contribution is 5.97. The monoisotopic (exact) mass is 294 g/mol. The lowest BCUT2D eigenvalue weighted by molar-refractivity contribution is -0.116. The van der Waals surface area contributed by atoms with Crippen molar-refractivity contribution in [2.75, 3.05) is 5.32 Å². The van der Waals surface area contributed by atoms with Crippen LogP contribution in [0.2, 0.25) is 0 Å². The molecule has 108 valence electrons. The maximum atomic E-state index is 13.6. The summed E-state index contributed by atoms with van der Waals surface area (Å²) in [5.41, 5.74) is 1.43. The fraction of sp³-hybridized carbons (Fsp3) is 0.0625. The van der Waals surface area contributed by atoms with Crippen LogP contribution in [0.3, 0.4) is 0 Å². The number of imidazole rings is 1. The number of halogens is 1. The second kappa shape index (κ2) is 5.66. The zero-order valence-electron chi connectivity index (χ0n) is 11.4. The van der Waals surface area contributed by atoms with Gasteiger partial charge in [0.25, 0.3) is 0 Å². The standard InChI is InChI=1S/C16H11FN4O/c17-11-5-1-2-6-12(11)21-16(22)10(9-18)15-19-13-7-3-4-8-14(13)20-15/h1-8,10H,(H,19,20)(H,21,22). The van der Waals surface area contributed by atoms with Crippen molar-refractivity contribution in [1.29, 1.82) is 5.26 Å². The number of aromatic nitrogens is 2. The number of carbonyl (C=O) groups is 1. The van der Waals surface area contributed by atoms with Crippen LogP contribution in [0.15, 0.2) is 48.5 Å². The zero-order chi connectivity index (χ0) is 15.5. The van der Waals surface area contributed by atoms with Gasteiger partial charge in [0.1, 0.15) is 11.6 Å². The summed E-state index contributed by atoms with van der Waals surface area (Å²) in [6, 6.07) is 14.9. The number of rotatable bonds is 3. The first-order valence-electron chi connectivity index (χ1n) is 6.58. The molecule has 2 aromatic carbocycles. The van der Waals surface area contributed by atoms with E-state index in [4.69, 9.17) is 0 Å². The van der Waals surface area contributed by atoms with Gasteiger partial charge in [-0.2, -0.15) is 5.26 Å². The topological polar surface area (TPSA) is 81.6 Å². The number of nitriles is 1. The number of nitrogens with zero attached hydrogens (tertiary/aromatic N) is 2. The van der Waals surface area contributed by atoms with Crippen LogP contribution in [0.4, 0.5) is 10.1 Å². The van der Waals surface area contributed by atoms with Crippen molar-refractivity contribution in [3.63, 3.8) is 0 Å². The molecule has 1 atom stereocenters. The summed E-state index contributed by atoms with van der Waals surface area (Å²) in [5, 5.41) is 11.7. The van der Waals surface area contributed by atoms with Gasteiger partial charge in [-0.15, -0.1) is 0 Å². The molecule has 0 bridgehead atoms. The molecule has 0 spiro atoms. The van der Waals surface area contributed by atoms with Gasteiger partial charge in [-0.05, 0) is 24.3 Å². The molecule has 1 amide bonds. The Morgan fingerprint density at radius 2 is 1.95 bits per heavy atom. The van der Waals surface area contributed by atoms with Gasteiger partial charge in [0.2, 0.25) is 5.91 Å². The summed E-state index contributed by atoms with van der Waals surface area (Å²) < 4.78 is 13.6. The Kier molecular flexibility index (Phi) is 3.54. The molecule has 0 saturated heterocycles. The van der Waals surface area contributed by atoms with E-state index in [2.05, 4.69) is 15.3 Å². The second-order valence-corrected chi connectivity index (χ2v) is 4.67. The van der Waals surface area contributed by atoms with Gasteiger partial charge >= 0.3 is 0 Å². The molecule has 0 aliphatic carbocycles. The molecule has 6 heteroatoms. The third-order valence-electron chi connectivity index (χ3n) is 3.20. The molecule has 2 N–H and O–H groups in total. The van der Waals surface area contributed by atoms with Crippen molar-refractivity contribution < 1.29 is 9.18 Å². The van der Waals surface area contributed by atoms with E-state index in [1.807, 2.05) is 18.2 Å². The lowest BCUT2D eigenvalue weighted by atomic mass is 10.1. The van der Waals surface area contributed by atoms with Crippen LogP contribution in [0, 0.1) is 17.1 Å². The van der Waals surface area contributed by atoms with Crippen LogP contribution in [-0.2, 0) is 4.79 Å². The summed E-state index contributed by atoms with van der Waals surface area (Å²) in [7, 11) is 0. The number of hydrogen-bond acceptors (Lipinski definition) is 3. The molecular formula is C16H11FN4O. The molecule has 0 radical (unpaired) electrons. The van der Waals surface area contributed by atoms with E-state index in [1.165, 1.54) is 18.2 Å². The van der Waals surface area contributed by atoms with Crippen molar-refractivity contribution in [1.82, 2.24) is 9.97 Å². The second-order valence-electron chi connectivity index (χ2n) is 4.67. The molecule has 1 aromatic heterocycles. The smallest absolute Gasteiger partial charge is 0.249 e. The Hall–Kier alpha value is -3.20. The summed E-state index contributed by atoms with van der Waals surface area (Å²) in [5.74, 6) is -2.10. The molecule has 1 heterocycles. The van der Waals surface area contributed by atoms with Gasteiger partial charge in [0.05, 0.1) is 22.8 Å². The summed E-state index contributed by atoms with van der Waals surface area (Å²) in [6.07, 6.45) is 0. The van der Waals surface area contributed by atoms with Crippen LogP contribution in [-0.4, -0.2) is 15.9 Å². The van der Waals surface area contributed by atoms with E-state index in [-0.39, 0.29) is 11.5 Å². The average molecular weight is 294 g/mol. The highest BCUT2D eigenvalue weighted by Crippen LogP contribution is 2.20. The number of nitrogens with one attached hydrogen (secondary N) is 2. The zero-order valence-corrected chi connectivity index (χ0v) is 11.4. The lowest BCUT2D eigenvalue weighted by Gasteiger charge is -2.08. The number of anilines is 1. The maximum Gasteiger partial charge on any atom is 0.249 e. The number of hydrogen-bond donors (Lipinski definition) is 2. The van der Waals surface area contributed by atoms with Gasteiger partial charge < -0.3 is 10.3 Å². The number of fused-ring (bicyclic) bond motifs is 1. The van der Waals surface area contributed by atoms with Crippen molar-refractivity contribution in [2.24, 2.45) is 0 Å². The van der Waals surface area contributed by atoms with E-state index in [9.17, 15) is 14.4 Å². The SMILES string of the molecule is N#CC(C(=O)Nc1ccccc1F)c1nc2ccccc2[nH]1. The summed E-state index contributed by atoms with van der Waals surface area (Å²) >= 11 is 0. The largest absolute Gasteiger partial charge is 0.340 e. The molecule has 0 aliphatic rings. The van der Waals surface area contributed by atoms with Crippen LogP contribution >= 0.6 is 0 Å². The van der Waals surface area contributed by atoms with E-state index in [0.29, 0.717) is 5.52 Å². The van der Waals surface area contributed by atoms with E-state index in [1.54, 1.807) is 18.2 Å². The van der Waals surface area contributed by atoms with E-state index < -0.39 is 17.6 Å². The first kappa shape index (κ1) is 13.8. The number of amides is 1. The van der Waals surface area contributed by atoms with Gasteiger partial charge in [0.15, 0.2) is 5.92 Å². The summed E-state index contributed by atoms with van der Waals surface area (Å²) in [4.78, 5) is 19.4. The van der Waals surface area contributed by atoms with Gasteiger partial charge in [-0.1, -0.05) is 24.3 Å². The molecule has 5 nitrogen and oxygen atoms in total. The molecule has 0 saturated carbocycles. The highest BCUT2D eigenvalue weighted by Gasteiger charge is 2.24. The first-order chi connectivity index (χ1) is 10.7. The minimum absolute atomic E-state index is 0.0314. The number of carbonyl (C=O) groups excluding carboxylic acids is 1. The molecule has 0 aliphatic heterocycles. The van der Waals surface area contributed by atoms with E-state index >= 15 is 0 Å². The minimum Gasteiger partial charge on any atom is -0.340 e. The third-order valence-corrected chi connectivity index (χ3v) is 3.20. The van der Waals surface area contributed by atoms with Crippen molar-refractivity contribution in [2.45, 2.75) is 5.92 Å². The molecular weight excluding hydrogens is 283 g/mol. The summed E-state index contributed by atoms with van der Waals surface area (Å²) in [6.45, 7) is 0. The number of aromatic amines is 1. The number of H-pyrrole nitrogens is 1. The van der Waals surface area contributed by atoms with Crippen molar-refractivity contribution >= 4 is 22.6 Å². The minimum atomic E-state index is -1.15. The molecule has 3 aromatic rings. The third kappa shape index (κ3) is 2.52. The van der Waals surface area contributed by atoms with Gasteiger partial charge in [-0.25, -0.2) is 9.37 Å². The average Bonchev–Trinajstić information content (AvgIpc) is 2.94. The predicted octanol–water partition coefficient (Wildman–Crippen LogP) is 2.95. The maximum absolute atomic E-state index is 13.6. The molecule has 22 heavy (non-hydrogen) atoms. The molecule has 1 unspecified atom stereocenters. The van der Waals surface area contributed by atoms with Crippen LogP contribution < -0.4 is 5.32 Å². The fourth-order valence-corrected chi connectivity index (χ4v) is 2.12. The van der Waals surface area contributed by atoms with Crippen molar-refractivity contribution in [3.05, 3.63) is 60.2 Å². The normalized spacial score (nSPS) is 11.8. The Balaban J connectivity index is 1.89. The lowest BCUT2D eigenvalue weighted by Crippen LogP contribution is -2.21. The quantitative estimate of drug-likeness (QED) is 0.779. The van der Waals surface area contributed by atoms with Crippen LogP contribution in [0.5, 0.6) is 0 Å². The molecule has 3 rings (SSSR count). The number of benzene rings is 2. The first-order valence-corrected chi connectivity index (χ1v) is 6.58. The highest BCUT2D eigenvalue weighted by atomic mass is 19.1.